The Labute approximate surface area is 113 Å². The van der Waals surface area contributed by atoms with E-state index in [0.717, 1.165) is 9.87 Å². The minimum Gasteiger partial charge on any atom is -0.295 e. The Bertz CT molecular complexity index is 644. The smallest absolute Gasteiger partial charge is 0.295 e. The number of fused-ring (bicyclic) bond motifs is 1. The molecule has 2 rings (SSSR count). The summed E-state index contributed by atoms with van der Waals surface area (Å²) in [5.41, 5.74) is 1.20. The molecule has 0 saturated carbocycles. The van der Waals surface area contributed by atoms with Crippen molar-refractivity contribution in [1.82, 2.24) is 4.31 Å². The first-order valence-electron chi connectivity index (χ1n) is 5.98. The zero-order valence-corrected chi connectivity index (χ0v) is 12.6. The molecule has 6 heteroatoms. The highest BCUT2D eigenvalue weighted by Crippen LogP contribution is 2.36. The van der Waals surface area contributed by atoms with E-state index < -0.39 is 16.1 Å². The monoisotopic (exact) mass is 282 g/mol. The van der Waals surface area contributed by atoms with Crippen LogP contribution in [0.4, 0.5) is 10.5 Å². The van der Waals surface area contributed by atoms with Crippen molar-refractivity contribution in [2.24, 2.45) is 0 Å². The van der Waals surface area contributed by atoms with E-state index in [1.54, 1.807) is 19.2 Å². The summed E-state index contributed by atoms with van der Waals surface area (Å²) in [7, 11) is -0.892. The molecule has 0 aromatic heterocycles. The van der Waals surface area contributed by atoms with Gasteiger partial charge in [-0.15, -0.1) is 0 Å². The van der Waals surface area contributed by atoms with Crippen LogP contribution in [0.2, 0.25) is 0 Å². The predicted octanol–water partition coefficient (Wildman–Crippen LogP) is 2.17. The summed E-state index contributed by atoms with van der Waals surface area (Å²) < 4.78 is 25.4. The van der Waals surface area contributed by atoms with Gasteiger partial charge in [0.2, 0.25) is 0 Å². The molecule has 0 N–H and O–H groups in total. The third-order valence-corrected chi connectivity index (χ3v) is 5.14. The van der Waals surface area contributed by atoms with E-state index in [1.165, 1.54) is 11.9 Å². The van der Waals surface area contributed by atoms with E-state index in [4.69, 9.17) is 0 Å². The number of carbonyl (C=O) groups excluding carboxylic acids is 1. The van der Waals surface area contributed by atoms with Crippen molar-refractivity contribution in [2.75, 3.05) is 19.0 Å². The quantitative estimate of drug-likeness (QED) is 0.733. The largest absolute Gasteiger partial charge is 0.337 e. The molecule has 2 amide bonds. The highest BCUT2D eigenvalue weighted by Gasteiger charge is 2.38. The number of nitrogens with zero attached hydrogens (tertiary/aromatic N) is 2. The molecule has 0 aliphatic carbocycles. The number of urea groups is 1. The fraction of sp³-hybridized carbons (Fsp3) is 0.462. The molecular formula is C13H18N2O3S. The molecule has 0 radical (unpaired) electrons. The van der Waals surface area contributed by atoms with Crippen LogP contribution in [-0.4, -0.2) is 32.8 Å². The molecule has 0 fully saturated rings. The van der Waals surface area contributed by atoms with Gasteiger partial charge < -0.3 is 0 Å². The van der Waals surface area contributed by atoms with Gasteiger partial charge in [-0.25, -0.2) is 17.5 Å². The molecular weight excluding hydrogens is 264 g/mol. The summed E-state index contributed by atoms with van der Waals surface area (Å²) in [6.07, 6.45) is 0. The number of hydrogen-bond acceptors (Lipinski definition) is 3. The Kier molecular flexibility index (Phi) is 2.89. The molecule has 5 nitrogen and oxygen atoms in total. The molecule has 1 aromatic rings. The van der Waals surface area contributed by atoms with E-state index in [2.05, 4.69) is 0 Å². The van der Waals surface area contributed by atoms with Crippen LogP contribution in [0.3, 0.4) is 0 Å². The normalized spacial score (nSPS) is 18.5. The number of rotatable bonds is 0. The molecule has 1 aliphatic rings. The molecule has 1 heterocycles. The molecule has 104 valence electrons. The average molecular weight is 282 g/mol. The molecule has 0 atom stereocenters. The summed E-state index contributed by atoms with van der Waals surface area (Å²) in [4.78, 5) is 13.4. The third kappa shape index (κ3) is 2.00. The van der Waals surface area contributed by atoms with Crippen LogP contribution in [0.5, 0.6) is 0 Å². The summed E-state index contributed by atoms with van der Waals surface area (Å²) in [5, 5.41) is 0. The van der Waals surface area contributed by atoms with Crippen molar-refractivity contribution in [3.05, 3.63) is 23.8 Å². The number of anilines is 1. The van der Waals surface area contributed by atoms with Crippen LogP contribution in [0.15, 0.2) is 23.1 Å². The van der Waals surface area contributed by atoms with Gasteiger partial charge in [-0.05, 0) is 23.1 Å². The Morgan fingerprint density at radius 3 is 2.21 bits per heavy atom. The van der Waals surface area contributed by atoms with Gasteiger partial charge >= 0.3 is 6.03 Å². The number of benzene rings is 1. The Balaban J connectivity index is 2.74. The van der Waals surface area contributed by atoms with Gasteiger partial charge in [-0.1, -0.05) is 26.8 Å². The summed E-state index contributed by atoms with van der Waals surface area (Å²) in [6, 6.07) is 4.67. The molecule has 1 aromatic carbocycles. The topological polar surface area (TPSA) is 57.7 Å². The number of hydrogen-bond donors (Lipinski definition) is 0. The highest BCUT2D eigenvalue weighted by molar-refractivity contribution is 7.90. The fourth-order valence-corrected chi connectivity index (χ4v) is 3.40. The molecule has 0 unspecified atom stereocenters. The first-order chi connectivity index (χ1) is 8.56. The Hall–Kier alpha value is -1.56. The molecule has 1 aliphatic heterocycles. The second kappa shape index (κ2) is 3.96. The molecule has 0 saturated heterocycles. The maximum absolute atomic E-state index is 12.3. The second-order valence-electron chi connectivity index (χ2n) is 5.75. The van der Waals surface area contributed by atoms with E-state index in [1.807, 2.05) is 26.8 Å². The van der Waals surface area contributed by atoms with Gasteiger partial charge in [0.15, 0.2) is 0 Å². The SMILES string of the molecule is CN1C(=O)N(C)S(=O)(=O)c2cc(C(C)(C)C)ccc21. The van der Waals surface area contributed by atoms with E-state index in [9.17, 15) is 13.2 Å². The maximum Gasteiger partial charge on any atom is 0.337 e. The maximum atomic E-state index is 12.3. The van der Waals surface area contributed by atoms with Gasteiger partial charge in [0, 0.05) is 14.1 Å². The number of amides is 2. The summed E-state index contributed by atoms with van der Waals surface area (Å²) in [6.45, 7) is 6.05. The zero-order chi connectivity index (χ0) is 14.6. The van der Waals surface area contributed by atoms with Gasteiger partial charge in [0.1, 0.15) is 4.90 Å². The van der Waals surface area contributed by atoms with Crippen LogP contribution < -0.4 is 4.90 Å². The van der Waals surface area contributed by atoms with Crippen LogP contribution in [-0.2, 0) is 15.4 Å². The van der Waals surface area contributed by atoms with E-state index in [0.29, 0.717) is 5.69 Å². The zero-order valence-electron chi connectivity index (χ0n) is 11.8. The number of sulfonamides is 1. The first-order valence-corrected chi connectivity index (χ1v) is 7.42. The minimum absolute atomic E-state index is 0.150. The lowest BCUT2D eigenvalue weighted by Crippen LogP contribution is -2.47. The highest BCUT2D eigenvalue weighted by atomic mass is 32.2. The van der Waals surface area contributed by atoms with E-state index in [-0.39, 0.29) is 10.3 Å². The average Bonchev–Trinajstić information content (AvgIpc) is 2.32. The van der Waals surface area contributed by atoms with Gasteiger partial charge in [-0.3, -0.25) is 4.90 Å². The fourth-order valence-electron chi connectivity index (χ4n) is 2.03. The lowest BCUT2D eigenvalue weighted by molar-refractivity contribution is 0.234. The lowest BCUT2D eigenvalue weighted by Gasteiger charge is -2.33. The van der Waals surface area contributed by atoms with Gasteiger partial charge in [0.25, 0.3) is 10.0 Å². The van der Waals surface area contributed by atoms with Crippen LogP contribution >= 0.6 is 0 Å². The van der Waals surface area contributed by atoms with Crippen LogP contribution in [0.1, 0.15) is 26.3 Å². The standard InChI is InChI=1S/C13H18N2O3S/c1-13(2,3)9-6-7-10-11(8-9)19(17,18)15(5)12(16)14(10)4/h6-8H,1-5H3. The van der Waals surface area contributed by atoms with Crippen molar-refractivity contribution in [3.8, 4) is 0 Å². The van der Waals surface area contributed by atoms with Crippen molar-refractivity contribution in [3.63, 3.8) is 0 Å². The van der Waals surface area contributed by atoms with E-state index >= 15 is 0 Å². The van der Waals surface area contributed by atoms with Crippen molar-refractivity contribution >= 4 is 21.7 Å². The van der Waals surface area contributed by atoms with Crippen molar-refractivity contribution in [2.45, 2.75) is 31.1 Å². The Morgan fingerprint density at radius 2 is 1.68 bits per heavy atom. The first kappa shape index (κ1) is 13.9. The van der Waals surface area contributed by atoms with Crippen molar-refractivity contribution in [1.29, 1.82) is 0 Å². The third-order valence-electron chi connectivity index (χ3n) is 3.38. The predicted molar refractivity (Wildman–Crippen MR) is 73.9 cm³/mol. The molecule has 0 spiro atoms. The lowest BCUT2D eigenvalue weighted by atomic mass is 9.87. The van der Waals surface area contributed by atoms with Crippen LogP contribution in [0.25, 0.3) is 0 Å². The van der Waals surface area contributed by atoms with Crippen LogP contribution in [0, 0.1) is 0 Å². The summed E-state index contributed by atoms with van der Waals surface area (Å²) in [5.74, 6) is 0. The number of carbonyl (C=O) groups is 1. The molecule has 0 bridgehead atoms. The summed E-state index contributed by atoms with van der Waals surface area (Å²) >= 11 is 0. The Morgan fingerprint density at radius 1 is 1.11 bits per heavy atom. The van der Waals surface area contributed by atoms with Gasteiger partial charge in [-0.2, -0.15) is 0 Å². The minimum atomic E-state index is -3.74. The van der Waals surface area contributed by atoms with Gasteiger partial charge in [0.05, 0.1) is 5.69 Å². The molecule has 19 heavy (non-hydrogen) atoms. The second-order valence-corrected chi connectivity index (χ2v) is 7.68. The van der Waals surface area contributed by atoms with Crippen molar-refractivity contribution < 1.29 is 13.2 Å².